The Morgan fingerprint density at radius 2 is 1.88 bits per heavy atom. The molecule has 0 unspecified atom stereocenters. The molecule has 1 aromatic heterocycles. The molecule has 136 valence electrons. The Morgan fingerprint density at radius 1 is 1.08 bits per heavy atom. The fraction of sp³-hybridized carbons (Fsp3) is 0.353. The van der Waals surface area contributed by atoms with E-state index in [1.165, 1.54) is 12.3 Å². The Morgan fingerprint density at radius 3 is 2.48 bits per heavy atom. The number of nitrogens with one attached hydrogen (secondary N) is 1. The Kier molecular flexibility index (Phi) is 6.32. The van der Waals surface area contributed by atoms with Crippen LogP contribution in [0.5, 0.6) is 17.4 Å². The molecule has 0 saturated heterocycles. The third-order valence-electron chi connectivity index (χ3n) is 3.14. The number of anilines is 1. The van der Waals surface area contributed by atoms with E-state index >= 15 is 0 Å². The maximum atomic E-state index is 12.1. The number of pyridine rings is 1. The summed E-state index contributed by atoms with van der Waals surface area (Å²) < 4.78 is 51.6. The number of nitrogens with zero attached hydrogens (tertiary/aromatic N) is 1. The van der Waals surface area contributed by atoms with Gasteiger partial charge in [0.05, 0.1) is 25.6 Å². The van der Waals surface area contributed by atoms with Crippen molar-refractivity contribution in [3.05, 3.63) is 42.1 Å². The molecule has 5 nitrogen and oxygen atoms in total. The molecule has 0 aliphatic carbocycles. The molecule has 2 aromatic rings. The van der Waals surface area contributed by atoms with Crippen molar-refractivity contribution in [1.29, 1.82) is 0 Å². The number of benzene rings is 1. The minimum Gasteiger partial charge on any atom is -0.493 e. The van der Waals surface area contributed by atoms with E-state index < -0.39 is 12.8 Å². The number of aromatic nitrogens is 1. The molecule has 0 aliphatic heterocycles. The number of halogens is 3. The second-order valence-corrected chi connectivity index (χ2v) is 5.06. The van der Waals surface area contributed by atoms with Gasteiger partial charge in [-0.1, -0.05) is 6.07 Å². The van der Waals surface area contributed by atoms with E-state index in [2.05, 4.69) is 15.0 Å². The van der Waals surface area contributed by atoms with Gasteiger partial charge in [0.25, 0.3) is 0 Å². The monoisotopic (exact) mass is 356 g/mol. The lowest BCUT2D eigenvalue weighted by molar-refractivity contribution is -0.154. The first-order valence-electron chi connectivity index (χ1n) is 7.60. The van der Waals surface area contributed by atoms with Crippen molar-refractivity contribution in [2.45, 2.75) is 19.6 Å². The first-order valence-corrected chi connectivity index (χ1v) is 7.60. The molecule has 0 saturated carbocycles. The van der Waals surface area contributed by atoms with Crippen LogP contribution in [0.15, 0.2) is 36.5 Å². The van der Waals surface area contributed by atoms with Gasteiger partial charge in [-0.2, -0.15) is 13.2 Å². The molecule has 0 bridgehead atoms. The Hall–Kier alpha value is -2.64. The maximum absolute atomic E-state index is 12.1. The van der Waals surface area contributed by atoms with Crippen molar-refractivity contribution in [2.24, 2.45) is 0 Å². The summed E-state index contributed by atoms with van der Waals surface area (Å²) in [7, 11) is 1.57. The third-order valence-corrected chi connectivity index (χ3v) is 3.14. The predicted octanol–water partition coefficient (Wildman–Crippen LogP) is 4.04. The Bertz CT molecular complexity index is 676. The summed E-state index contributed by atoms with van der Waals surface area (Å²) in [5, 5.41) is 3.13. The van der Waals surface area contributed by atoms with Crippen molar-refractivity contribution in [1.82, 2.24) is 4.98 Å². The summed E-state index contributed by atoms with van der Waals surface area (Å²) >= 11 is 0. The molecule has 0 amide bonds. The average Bonchev–Trinajstić information content (AvgIpc) is 2.59. The van der Waals surface area contributed by atoms with Gasteiger partial charge < -0.3 is 19.5 Å². The maximum Gasteiger partial charge on any atom is 0.422 e. The molecule has 0 fully saturated rings. The summed E-state index contributed by atoms with van der Waals surface area (Å²) in [6.07, 6.45) is -2.97. The highest BCUT2D eigenvalue weighted by molar-refractivity contribution is 5.46. The van der Waals surface area contributed by atoms with Crippen LogP contribution >= 0.6 is 0 Å². The second kappa shape index (κ2) is 8.46. The van der Waals surface area contributed by atoms with Gasteiger partial charge in [0.15, 0.2) is 18.1 Å². The molecule has 1 aromatic carbocycles. The van der Waals surface area contributed by atoms with Crippen molar-refractivity contribution >= 4 is 5.69 Å². The molecule has 8 heteroatoms. The third kappa shape index (κ3) is 6.06. The molecule has 0 spiro atoms. The van der Waals surface area contributed by atoms with Crippen molar-refractivity contribution in [2.75, 3.05) is 25.6 Å². The van der Waals surface area contributed by atoms with E-state index in [0.717, 1.165) is 5.56 Å². The molecule has 0 aliphatic rings. The van der Waals surface area contributed by atoms with Crippen LogP contribution in [0.2, 0.25) is 0 Å². The van der Waals surface area contributed by atoms with Gasteiger partial charge in [-0.25, -0.2) is 4.98 Å². The van der Waals surface area contributed by atoms with Crippen molar-refractivity contribution in [3.8, 4) is 17.4 Å². The molecule has 0 atom stereocenters. The van der Waals surface area contributed by atoms with Crippen LogP contribution in [0.25, 0.3) is 0 Å². The van der Waals surface area contributed by atoms with Crippen molar-refractivity contribution in [3.63, 3.8) is 0 Å². The highest BCUT2D eigenvalue weighted by Gasteiger charge is 2.28. The van der Waals surface area contributed by atoms with E-state index in [9.17, 15) is 13.2 Å². The summed E-state index contributed by atoms with van der Waals surface area (Å²) in [5.41, 5.74) is 1.62. The SMILES string of the molecule is CCOc1cc(CNc2ccc(OCC(F)(F)F)nc2)ccc1OC. The van der Waals surface area contributed by atoms with Gasteiger partial charge in [-0.05, 0) is 30.7 Å². The van der Waals surface area contributed by atoms with E-state index in [1.807, 2.05) is 25.1 Å². The van der Waals surface area contributed by atoms with Gasteiger partial charge in [0.1, 0.15) is 0 Å². The first kappa shape index (κ1) is 18.7. The smallest absolute Gasteiger partial charge is 0.422 e. The Labute approximate surface area is 143 Å². The second-order valence-electron chi connectivity index (χ2n) is 5.06. The van der Waals surface area contributed by atoms with Crippen LogP contribution in [-0.4, -0.2) is 31.5 Å². The standard InChI is InChI=1S/C17H19F3N2O3/c1-3-24-15-8-12(4-6-14(15)23-2)9-21-13-5-7-16(22-10-13)25-11-17(18,19)20/h4-8,10,21H,3,9,11H2,1-2H3. The zero-order valence-electron chi connectivity index (χ0n) is 13.9. The number of rotatable bonds is 8. The normalized spacial score (nSPS) is 11.1. The van der Waals surface area contributed by atoms with Crippen LogP contribution in [0, 0.1) is 0 Å². The lowest BCUT2D eigenvalue weighted by Crippen LogP contribution is -2.19. The molecule has 25 heavy (non-hydrogen) atoms. The molecule has 1 heterocycles. The largest absolute Gasteiger partial charge is 0.493 e. The first-order chi connectivity index (χ1) is 11.9. The van der Waals surface area contributed by atoms with Gasteiger partial charge in [-0.3, -0.25) is 0 Å². The zero-order chi connectivity index (χ0) is 18.3. The van der Waals surface area contributed by atoms with Gasteiger partial charge in [-0.15, -0.1) is 0 Å². The van der Waals surface area contributed by atoms with Crippen LogP contribution in [0.1, 0.15) is 12.5 Å². The van der Waals surface area contributed by atoms with Crippen LogP contribution < -0.4 is 19.5 Å². The minimum atomic E-state index is -4.38. The topological polar surface area (TPSA) is 52.6 Å². The number of ether oxygens (including phenoxy) is 3. The number of methoxy groups -OCH3 is 1. The molecule has 1 N–H and O–H groups in total. The van der Waals surface area contributed by atoms with E-state index in [0.29, 0.717) is 30.3 Å². The summed E-state index contributed by atoms with van der Waals surface area (Å²) in [6, 6.07) is 8.56. The predicted molar refractivity (Wildman–Crippen MR) is 87.3 cm³/mol. The lowest BCUT2D eigenvalue weighted by Gasteiger charge is -2.12. The number of hydrogen-bond acceptors (Lipinski definition) is 5. The van der Waals surface area contributed by atoms with E-state index in [4.69, 9.17) is 9.47 Å². The summed E-state index contributed by atoms with van der Waals surface area (Å²) in [6.45, 7) is 1.54. The quantitative estimate of drug-likeness (QED) is 0.774. The van der Waals surface area contributed by atoms with Gasteiger partial charge in [0, 0.05) is 12.6 Å². The summed E-state index contributed by atoms with van der Waals surface area (Å²) in [4.78, 5) is 3.84. The molecule has 2 rings (SSSR count). The fourth-order valence-electron chi connectivity index (χ4n) is 2.03. The summed E-state index contributed by atoms with van der Waals surface area (Å²) in [5.74, 6) is 1.22. The average molecular weight is 356 g/mol. The van der Waals surface area contributed by atoms with Gasteiger partial charge >= 0.3 is 6.18 Å². The van der Waals surface area contributed by atoms with E-state index in [-0.39, 0.29) is 5.88 Å². The van der Waals surface area contributed by atoms with Crippen LogP contribution in [-0.2, 0) is 6.54 Å². The molecule has 0 radical (unpaired) electrons. The van der Waals surface area contributed by atoms with Crippen molar-refractivity contribution < 1.29 is 27.4 Å². The van der Waals surface area contributed by atoms with Gasteiger partial charge in [0.2, 0.25) is 5.88 Å². The molecular weight excluding hydrogens is 337 g/mol. The highest BCUT2D eigenvalue weighted by atomic mass is 19.4. The zero-order valence-corrected chi connectivity index (χ0v) is 13.9. The van der Waals surface area contributed by atoms with E-state index in [1.54, 1.807) is 13.2 Å². The Balaban J connectivity index is 1.93. The van der Waals surface area contributed by atoms with Crippen LogP contribution in [0.3, 0.4) is 0 Å². The number of alkyl halides is 3. The highest BCUT2D eigenvalue weighted by Crippen LogP contribution is 2.28. The van der Waals surface area contributed by atoms with Crippen LogP contribution in [0.4, 0.5) is 18.9 Å². The molecular formula is C17H19F3N2O3. The lowest BCUT2D eigenvalue weighted by atomic mass is 10.2. The fourth-order valence-corrected chi connectivity index (χ4v) is 2.03. The number of hydrogen-bond donors (Lipinski definition) is 1. The minimum absolute atomic E-state index is 0.0778.